The fraction of sp³-hybridized carbons (Fsp3) is 0.556. The summed E-state index contributed by atoms with van der Waals surface area (Å²) in [6.07, 6.45) is 4.90. The van der Waals surface area contributed by atoms with Crippen LogP contribution in [0.3, 0.4) is 0 Å². The maximum Gasteiger partial charge on any atom is 0.243 e. The van der Waals surface area contributed by atoms with Crippen molar-refractivity contribution in [2.24, 2.45) is 0 Å². The summed E-state index contributed by atoms with van der Waals surface area (Å²) in [4.78, 5) is 22.7. The van der Waals surface area contributed by atoms with Gasteiger partial charge in [-0.25, -0.2) is 5.48 Å². The predicted octanol–water partition coefficient (Wildman–Crippen LogP) is 3.77. The number of hydrogen-bond donors (Lipinski definition) is 2. The van der Waals surface area contributed by atoms with Gasteiger partial charge in [0.25, 0.3) is 0 Å². The molecule has 0 fully saturated rings. The zero-order valence-corrected chi connectivity index (χ0v) is 13.6. The molecule has 0 atom stereocenters. The van der Waals surface area contributed by atoms with Crippen molar-refractivity contribution in [3.05, 3.63) is 35.4 Å². The fourth-order valence-corrected chi connectivity index (χ4v) is 2.35. The molecule has 0 aliphatic rings. The molecule has 122 valence electrons. The molecule has 0 aliphatic heterocycles. The first-order chi connectivity index (χ1) is 10.5. The van der Waals surface area contributed by atoms with Crippen LogP contribution in [-0.2, 0) is 16.0 Å². The average Bonchev–Trinajstić information content (AvgIpc) is 2.50. The molecule has 1 aromatic carbocycles. The highest BCUT2D eigenvalue weighted by atomic mass is 16.5. The van der Waals surface area contributed by atoms with Crippen LogP contribution in [0, 0.1) is 0 Å². The molecule has 0 spiro atoms. The van der Waals surface area contributed by atoms with Crippen molar-refractivity contribution in [3.63, 3.8) is 0 Å². The lowest BCUT2D eigenvalue weighted by Crippen LogP contribution is -2.17. The van der Waals surface area contributed by atoms with Crippen LogP contribution in [0.1, 0.15) is 69.4 Å². The number of carbonyl (C=O) groups excluding carboxylic acids is 2. The van der Waals surface area contributed by atoms with Crippen molar-refractivity contribution in [3.8, 4) is 0 Å². The first kappa shape index (κ1) is 18.4. The maximum absolute atomic E-state index is 11.9. The van der Waals surface area contributed by atoms with Crippen molar-refractivity contribution in [2.75, 3.05) is 0 Å². The van der Waals surface area contributed by atoms with E-state index in [0.29, 0.717) is 25.2 Å². The number of benzene rings is 1. The summed E-state index contributed by atoms with van der Waals surface area (Å²) < 4.78 is 0. The number of carbonyl (C=O) groups is 2. The smallest absolute Gasteiger partial charge is 0.243 e. The van der Waals surface area contributed by atoms with Crippen molar-refractivity contribution in [2.45, 2.75) is 64.7 Å². The quantitative estimate of drug-likeness (QED) is 0.393. The highest BCUT2D eigenvalue weighted by molar-refractivity contribution is 5.80. The maximum atomic E-state index is 11.9. The minimum Gasteiger partial charge on any atom is -0.299 e. The van der Waals surface area contributed by atoms with Crippen LogP contribution in [-0.4, -0.2) is 16.9 Å². The van der Waals surface area contributed by atoms with Crippen molar-refractivity contribution < 1.29 is 14.8 Å². The first-order valence-corrected chi connectivity index (χ1v) is 8.06. The van der Waals surface area contributed by atoms with Gasteiger partial charge in [0.1, 0.15) is 5.78 Å². The van der Waals surface area contributed by atoms with E-state index in [4.69, 9.17) is 5.21 Å². The van der Waals surface area contributed by atoms with Crippen molar-refractivity contribution in [1.29, 1.82) is 0 Å². The Morgan fingerprint density at radius 1 is 1.00 bits per heavy atom. The van der Waals surface area contributed by atoms with Crippen LogP contribution in [0.15, 0.2) is 24.3 Å². The number of Topliss-reactive ketones (excluding diaryl/α,β-unsaturated/α-hetero) is 1. The number of nitrogens with one attached hydrogen (secondary N) is 1. The molecule has 0 saturated heterocycles. The standard InChI is InChI=1S/C18H27NO3/c1-14(2)16-11-9-15(10-12-16)13-17(20)7-5-3-4-6-8-18(21)19-22/h9-12,14,22H,3-8,13H2,1-2H3,(H,19,21). The molecule has 2 N–H and O–H groups in total. The Kier molecular flexibility index (Phi) is 8.44. The summed E-state index contributed by atoms with van der Waals surface area (Å²) in [5.41, 5.74) is 3.99. The van der Waals surface area contributed by atoms with Crippen LogP contribution < -0.4 is 5.48 Å². The monoisotopic (exact) mass is 305 g/mol. The third-order valence-corrected chi connectivity index (χ3v) is 3.78. The highest BCUT2D eigenvalue weighted by Gasteiger charge is 2.05. The first-order valence-electron chi connectivity index (χ1n) is 8.06. The lowest BCUT2D eigenvalue weighted by molar-refractivity contribution is -0.129. The van der Waals surface area contributed by atoms with Gasteiger partial charge in [0.2, 0.25) is 5.91 Å². The van der Waals surface area contributed by atoms with E-state index in [1.807, 2.05) is 12.1 Å². The summed E-state index contributed by atoms with van der Waals surface area (Å²) in [5.74, 6) is 0.434. The summed E-state index contributed by atoms with van der Waals surface area (Å²) in [6, 6.07) is 8.28. The normalized spacial score (nSPS) is 10.7. The predicted molar refractivity (Wildman–Crippen MR) is 86.9 cm³/mol. The van der Waals surface area contributed by atoms with Crippen molar-refractivity contribution in [1.82, 2.24) is 5.48 Å². The van der Waals surface area contributed by atoms with Gasteiger partial charge in [-0.15, -0.1) is 0 Å². The number of hydroxylamine groups is 1. The zero-order chi connectivity index (χ0) is 16.4. The van der Waals surface area contributed by atoms with Gasteiger partial charge in [-0.1, -0.05) is 51.0 Å². The second kappa shape index (κ2) is 10.1. The minimum atomic E-state index is -0.346. The molecule has 4 heteroatoms. The largest absolute Gasteiger partial charge is 0.299 e. The average molecular weight is 305 g/mol. The zero-order valence-electron chi connectivity index (χ0n) is 13.6. The van der Waals surface area contributed by atoms with Gasteiger partial charge < -0.3 is 0 Å². The van der Waals surface area contributed by atoms with Crippen LogP contribution >= 0.6 is 0 Å². The van der Waals surface area contributed by atoms with E-state index in [1.165, 1.54) is 5.56 Å². The van der Waals surface area contributed by atoms with E-state index in [-0.39, 0.29) is 11.7 Å². The Labute approximate surface area is 132 Å². The topological polar surface area (TPSA) is 66.4 Å². The van der Waals surface area contributed by atoms with Crippen LogP contribution in [0.5, 0.6) is 0 Å². The fourth-order valence-electron chi connectivity index (χ4n) is 2.35. The van der Waals surface area contributed by atoms with Gasteiger partial charge >= 0.3 is 0 Å². The minimum absolute atomic E-state index is 0.269. The summed E-state index contributed by atoms with van der Waals surface area (Å²) >= 11 is 0. The molecule has 1 rings (SSSR count). The molecule has 0 aromatic heterocycles. The Morgan fingerprint density at radius 2 is 1.59 bits per heavy atom. The van der Waals surface area contributed by atoms with Gasteiger partial charge in [0.15, 0.2) is 0 Å². The van der Waals surface area contributed by atoms with Gasteiger partial charge in [-0.2, -0.15) is 0 Å². The van der Waals surface area contributed by atoms with E-state index in [1.54, 1.807) is 5.48 Å². The molecule has 0 unspecified atom stereocenters. The number of unbranched alkanes of at least 4 members (excludes halogenated alkanes) is 3. The SMILES string of the molecule is CC(C)c1ccc(CC(=O)CCCCCCC(=O)NO)cc1. The summed E-state index contributed by atoms with van der Waals surface area (Å²) in [6.45, 7) is 4.31. The van der Waals surface area contributed by atoms with E-state index < -0.39 is 0 Å². The van der Waals surface area contributed by atoms with Crippen LogP contribution in [0.2, 0.25) is 0 Å². The van der Waals surface area contributed by atoms with Gasteiger partial charge in [0.05, 0.1) is 0 Å². The lowest BCUT2D eigenvalue weighted by Gasteiger charge is -2.06. The molecular weight excluding hydrogens is 278 g/mol. The number of amides is 1. The summed E-state index contributed by atoms with van der Waals surface area (Å²) in [7, 11) is 0. The Morgan fingerprint density at radius 3 is 2.14 bits per heavy atom. The molecule has 0 bridgehead atoms. The van der Waals surface area contributed by atoms with E-state index in [0.717, 1.165) is 31.2 Å². The molecule has 0 aliphatic carbocycles. The number of ketones is 1. The second-order valence-corrected chi connectivity index (χ2v) is 6.06. The molecule has 0 saturated carbocycles. The molecule has 0 heterocycles. The lowest BCUT2D eigenvalue weighted by atomic mass is 9.99. The summed E-state index contributed by atoms with van der Waals surface area (Å²) in [5, 5.41) is 8.35. The molecule has 1 amide bonds. The van der Waals surface area contributed by atoms with Crippen molar-refractivity contribution >= 4 is 11.7 Å². The molecule has 0 radical (unpaired) electrons. The van der Waals surface area contributed by atoms with Crippen LogP contribution in [0.25, 0.3) is 0 Å². The highest BCUT2D eigenvalue weighted by Crippen LogP contribution is 2.15. The molecule has 22 heavy (non-hydrogen) atoms. The van der Waals surface area contributed by atoms with E-state index in [9.17, 15) is 9.59 Å². The Bertz CT molecular complexity index is 466. The number of hydrogen-bond acceptors (Lipinski definition) is 3. The van der Waals surface area contributed by atoms with Gasteiger partial charge in [-0.05, 0) is 29.9 Å². The van der Waals surface area contributed by atoms with Crippen LogP contribution in [0.4, 0.5) is 0 Å². The third-order valence-electron chi connectivity index (χ3n) is 3.78. The third kappa shape index (κ3) is 7.36. The van der Waals surface area contributed by atoms with E-state index in [2.05, 4.69) is 26.0 Å². The van der Waals surface area contributed by atoms with E-state index >= 15 is 0 Å². The Hall–Kier alpha value is -1.68. The molecule has 4 nitrogen and oxygen atoms in total. The van der Waals surface area contributed by atoms with Gasteiger partial charge in [-0.3, -0.25) is 14.8 Å². The Balaban J connectivity index is 2.17. The van der Waals surface area contributed by atoms with Gasteiger partial charge in [0, 0.05) is 19.3 Å². The second-order valence-electron chi connectivity index (χ2n) is 6.06. The molecular formula is C18H27NO3. The number of rotatable bonds is 10. The molecule has 1 aromatic rings.